The molecule has 0 saturated carbocycles. The number of rotatable bonds is 6. The third kappa shape index (κ3) is 3.48. The number of amides is 1. The van der Waals surface area contributed by atoms with Gasteiger partial charge in [0.15, 0.2) is 0 Å². The van der Waals surface area contributed by atoms with Crippen LogP contribution in [0.1, 0.15) is 29.5 Å². The lowest BCUT2D eigenvalue weighted by Gasteiger charge is -2.04. The highest BCUT2D eigenvalue weighted by Crippen LogP contribution is 2.24. The number of furan rings is 1. The topological polar surface area (TPSA) is 90.4 Å². The quantitative estimate of drug-likeness (QED) is 0.726. The lowest BCUT2D eigenvalue weighted by atomic mass is 10.2. The van der Waals surface area contributed by atoms with Crippen molar-refractivity contribution in [1.29, 1.82) is 0 Å². The number of nitrogens with one attached hydrogen (secondary N) is 1. The summed E-state index contributed by atoms with van der Waals surface area (Å²) in [7, 11) is 0. The molecule has 2 heterocycles. The van der Waals surface area contributed by atoms with E-state index in [1.165, 1.54) is 0 Å². The summed E-state index contributed by atoms with van der Waals surface area (Å²) in [5.41, 5.74) is 6.78. The molecule has 3 N–H and O–H groups in total. The number of nitrogens with zero attached hydrogens (tertiary/aromatic N) is 1. The Morgan fingerprint density at radius 1 is 1.33 bits per heavy atom. The molecule has 0 atom stereocenters. The van der Waals surface area contributed by atoms with Gasteiger partial charge >= 0.3 is 0 Å². The number of carbonyl (C=O) groups excluding carboxylic acids is 1. The Labute approximate surface area is 139 Å². The van der Waals surface area contributed by atoms with Crippen molar-refractivity contribution < 1.29 is 13.9 Å². The molecule has 3 rings (SSSR count). The summed E-state index contributed by atoms with van der Waals surface area (Å²) in [4.78, 5) is 16.0. The van der Waals surface area contributed by atoms with E-state index in [2.05, 4.69) is 17.2 Å². The van der Waals surface area contributed by atoms with Gasteiger partial charge in [0, 0.05) is 17.6 Å². The van der Waals surface area contributed by atoms with Gasteiger partial charge in [-0.25, -0.2) is 4.98 Å². The number of nitrogen functional groups attached to an aromatic ring is 1. The summed E-state index contributed by atoms with van der Waals surface area (Å²) in [6, 6.07) is 10.9. The van der Waals surface area contributed by atoms with Gasteiger partial charge in [-0.1, -0.05) is 6.92 Å². The molecule has 1 aromatic carbocycles. The van der Waals surface area contributed by atoms with E-state index in [1.54, 1.807) is 18.3 Å². The number of ether oxygens (including phenoxy) is 1. The smallest absolute Gasteiger partial charge is 0.255 e. The summed E-state index contributed by atoms with van der Waals surface area (Å²) < 4.78 is 11.4. The first-order chi connectivity index (χ1) is 11.7. The molecule has 0 spiro atoms. The first-order valence-corrected chi connectivity index (χ1v) is 7.81. The third-order valence-corrected chi connectivity index (χ3v) is 3.52. The van der Waals surface area contributed by atoms with Gasteiger partial charge in [0.1, 0.15) is 22.9 Å². The fourth-order valence-corrected chi connectivity index (χ4v) is 2.34. The maximum absolute atomic E-state index is 12.1. The van der Waals surface area contributed by atoms with E-state index in [0.717, 1.165) is 23.1 Å². The minimum Gasteiger partial charge on any atom is -0.493 e. The lowest BCUT2D eigenvalue weighted by Crippen LogP contribution is -2.23. The molecule has 6 heteroatoms. The summed E-state index contributed by atoms with van der Waals surface area (Å²) in [6.45, 7) is 3.00. The number of aromatic nitrogens is 1. The summed E-state index contributed by atoms with van der Waals surface area (Å²) in [5.74, 6) is 1.36. The van der Waals surface area contributed by atoms with E-state index >= 15 is 0 Å². The molecule has 6 nitrogen and oxygen atoms in total. The summed E-state index contributed by atoms with van der Waals surface area (Å²) >= 11 is 0. The van der Waals surface area contributed by atoms with Crippen LogP contribution < -0.4 is 15.8 Å². The average Bonchev–Trinajstić information content (AvgIpc) is 3.00. The molecular formula is C18H19N3O3. The molecule has 24 heavy (non-hydrogen) atoms. The molecular weight excluding hydrogens is 306 g/mol. The number of pyridine rings is 1. The van der Waals surface area contributed by atoms with Crippen LogP contribution in [0.5, 0.6) is 5.75 Å². The summed E-state index contributed by atoms with van der Waals surface area (Å²) in [5, 5.41) is 3.74. The van der Waals surface area contributed by atoms with Crippen LogP contribution >= 0.6 is 0 Å². The van der Waals surface area contributed by atoms with E-state index < -0.39 is 0 Å². The Bertz CT molecular complexity index is 858. The zero-order valence-electron chi connectivity index (χ0n) is 13.4. The van der Waals surface area contributed by atoms with Gasteiger partial charge in [-0.15, -0.1) is 0 Å². The SMILES string of the molecule is CCCOc1ccc2cc(CNC(=O)c3cccnc3N)oc2c1. The van der Waals surface area contributed by atoms with Crippen molar-refractivity contribution >= 4 is 22.7 Å². The Morgan fingerprint density at radius 3 is 3.00 bits per heavy atom. The van der Waals surface area contributed by atoms with E-state index in [1.807, 2.05) is 24.3 Å². The summed E-state index contributed by atoms with van der Waals surface area (Å²) in [6.07, 6.45) is 2.49. The molecule has 1 amide bonds. The second kappa shape index (κ2) is 7.04. The van der Waals surface area contributed by atoms with E-state index in [9.17, 15) is 4.79 Å². The Hall–Kier alpha value is -3.02. The zero-order chi connectivity index (χ0) is 16.9. The van der Waals surface area contributed by atoms with Crippen LogP contribution in [-0.4, -0.2) is 17.5 Å². The van der Waals surface area contributed by atoms with Crippen molar-refractivity contribution in [3.8, 4) is 5.75 Å². The highest BCUT2D eigenvalue weighted by Gasteiger charge is 2.11. The molecule has 2 aromatic heterocycles. The van der Waals surface area contributed by atoms with Gasteiger partial charge < -0.3 is 20.2 Å². The molecule has 0 unspecified atom stereocenters. The normalized spacial score (nSPS) is 10.7. The van der Waals surface area contributed by atoms with Gasteiger partial charge in [-0.2, -0.15) is 0 Å². The molecule has 0 radical (unpaired) electrons. The molecule has 0 saturated heterocycles. The van der Waals surface area contributed by atoms with Crippen molar-refractivity contribution in [2.45, 2.75) is 19.9 Å². The largest absolute Gasteiger partial charge is 0.493 e. The van der Waals surface area contributed by atoms with Crippen LogP contribution in [0.25, 0.3) is 11.0 Å². The number of hydrogen-bond acceptors (Lipinski definition) is 5. The Kier molecular flexibility index (Phi) is 4.65. The van der Waals surface area contributed by atoms with Crippen LogP contribution in [0, 0.1) is 0 Å². The van der Waals surface area contributed by atoms with E-state index in [4.69, 9.17) is 14.9 Å². The molecule has 0 aliphatic heterocycles. The molecule has 0 fully saturated rings. The number of benzene rings is 1. The van der Waals surface area contributed by atoms with Crippen molar-refractivity contribution in [3.05, 3.63) is 53.9 Å². The van der Waals surface area contributed by atoms with Crippen LogP contribution in [0.3, 0.4) is 0 Å². The van der Waals surface area contributed by atoms with Crippen molar-refractivity contribution in [1.82, 2.24) is 10.3 Å². The predicted octanol–water partition coefficient (Wildman–Crippen LogP) is 3.13. The number of nitrogens with two attached hydrogens (primary N) is 1. The van der Waals surface area contributed by atoms with Gasteiger partial charge in [0.2, 0.25) is 0 Å². The minimum absolute atomic E-state index is 0.206. The van der Waals surface area contributed by atoms with Crippen molar-refractivity contribution in [2.75, 3.05) is 12.3 Å². The van der Waals surface area contributed by atoms with Crippen LogP contribution in [0.4, 0.5) is 5.82 Å². The maximum atomic E-state index is 12.1. The number of anilines is 1. The van der Waals surface area contributed by atoms with Gasteiger partial charge in [0.25, 0.3) is 5.91 Å². The molecule has 3 aromatic rings. The average molecular weight is 325 g/mol. The van der Waals surface area contributed by atoms with Crippen LogP contribution in [-0.2, 0) is 6.54 Å². The molecule has 0 aliphatic rings. The fraction of sp³-hybridized carbons (Fsp3) is 0.222. The highest BCUT2D eigenvalue weighted by molar-refractivity contribution is 5.98. The first-order valence-electron chi connectivity index (χ1n) is 7.81. The van der Waals surface area contributed by atoms with E-state index in [0.29, 0.717) is 17.9 Å². The standard InChI is InChI=1S/C18H19N3O3/c1-2-8-23-13-6-5-12-9-14(24-16(12)10-13)11-21-18(22)15-4-3-7-20-17(15)19/h3-7,9-10H,2,8,11H2,1H3,(H2,19,20)(H,21,22). The minimum atomic E-state index is -0.284. The monoisotopic (exact) mass is 325 g/mol. The number of fused-ring (bicyclic) bond motifs is 1. The Balaban J connectivity index is 1.69. The maximum Gasteiger partial charge on any atom is 0.255 e. The van der Waals surface area contributed by atoms with Crippen LogP contribution in [0.2, 0.25) is 0 Å². The van der Waals surface area contributed by atoms with Crippen molar-refractivity contribution in [3.63, 3.8) is 0 Å². The third-order valence-electron chi connectivity index (χ3n) is 3.52. The molecule has 0 aliphatic carbocycles. The zero-order valence-corrected chi connectivity index (χ0v) is 13.4. The van der Waals surface area contributed by atoms with Crippen LogP contribution in [0.15, 0.2) is 47.0 Å². The second-order valence-electron chi connectivity index (χ2n) is 5.38. The van der Waals surface area contributed by atoms with Crippen molar-refractivity contribution in [2.24, 2.45) is 0 Å². The number of hydrogen-bond donors (Lipinski definition) is 2. The number of carbonyl (C=O) groups is 1. The van der Waals surface area contributed by atoms with E-state index in [-0.39, 0.29) is 18.3 Å². The van der Waals surface area contributed by atoms with Gasteiger partial charge in [0.05, 0.1) is 18.7 Å². The highest BCUT2D eigenvalue weighted by atomic mass is 16.5. The fourth-order valence-electron chi connectivity index (χ4n) is 2.34. The Morgan fingerprint density at radius 2 is 2.21 bits per heavy atom. The predicted molar refractivity (Wildman–Crippen MR) is 91.8 cm³/mol. The first kappa shape index (κ1) is 15.9. The second-order valence-corrected chi connectivity index (χ2v) is 5.38. The van der Waals surface area contributed by atoms with Gasteiger partial charge in [-0.3, -0.25) is 4.79 Å². The lowest BCUT2D eigenvalue weighted by molar-refractivity contribution is 0.0949. The van der Waals surface area contributed by atoms with Gasteiger partial charge in [-0.05, 0) is 36.8 Å². The molecule has 124 valence electrons. The molecule has 0 bridgehead atoms.